The number of carboxylic acid groups (broad SMARTS) is 1. The third-order valence-corrected chi connectivity index (χ3v) is 2.99. The van der Waals surface area contributed by atoms with Crippen molar-refractivity contribution >= 4 is 23.6 Å². The van der Waals surface area contributed by atoms with Crippen LogP contribution in [-0.2, 0) is 4.79 Å². The van der Waals surface area contributed by atoms with Crippen molar-refractivity contribution in [2.24, 2.45) is 5.92 Å². The lowest BCUT2D eigenvalue weighted by atomic mass is 10.1. The number of para-hydroxylation sites is 1. The molecule has 3 N–H and O–H groups in total. The zero-order valence-corrected chi connectivity index (χ0v) is 12.2. The lowest BCUT2D eigenvalue weighted by Gasteiger charge is -2.21. The van der Waals surface area contributed by atoms with Crippen LogP contribution in [0.5, 0.6) is 0 Å². The summed E-state index contributed by atoms with van der Waals surface area (Å²) in [6.45, 7) is 1.93. The summed E-state index contributed by atoms with van der Waals surface area (Å²) in [7, 11) is 3.07. The maximum absolute atomic E-state index is 12.0. The molecule has 21 heavy (non-hydrogen) atoms. The molecule has 1 aromatic rings. The molecular formula is C14H19N3O4. The van der Waals surface area contributed by atoms with E-state index in [0.717, 1.165) is 0 Å². The van der Waals surface area contributed by atoms with E-state index in [4.69, 9.17) is 5.11 Å². The molecule has 0 aliphatic carbocycles. The highest BCUT2D eigenvalue weighted by atomic mass is 16.4. The fourth-order valence-corrected chi connectivity index (χ4v) is 1.81. The number of nitrogens with zero attached hydrogens (tertiary/aromatic N) is 1. The molecule has 0 fully saturated rings. The molecule has 0 saturated heterocycles. The summed E-state index contributed by atoms with van der Waals surface area (Å²) in [6, 6.07) is 5.66. The number of rotatable bonds is 5. The number of carbonyl (C=O) groups excluding carboxylic acids is 2. The molecule has 0 aliphatic rings. The van der Waals surface area contributed by atoms with Crippen molar-refractivity contribution in [3.63, 3.8) is 0 Å². The van der Waals surface area contributed by atoms with Crippen molar-refractivity contribution in [2.45, 2.75) is 6.92 Å². The van der Waals surface area contributed by atoms with Gasteiger partial charge in [0.2, 0.25) is 5.91 Å². The zero-order chi connectivity index (χ0) is 16.0. The Bertz CT molecular complexity index is 545. The molecule has 1 aromatic carbocycles. The molecule has 0 spiro atoms. The molecule has 0 radical (unpaired) electrons. The summed E-state index contributed by atoms with van der Waals surface area (Å²) in [6.07, 6.45) is 0. The highest BCUT2D eigenvalue weighted by molar-refractivity contribution is 6.00. The predicted molar refractivity (Wildman–Crippen MR) is 78.3 cm³/mol. The largest absolute Gasteiger partial charge is 0.478 e. The molecule has 1 atom stereocenters. The molecule has 0 aliphatic heterocycles. The Balaban J connectivity index is 2.73. The van der Waals surface area contributed by atoms with Crippen LogP contribution in [0.2, 0.25) is 0 Å². The highest BCUT2D eigenvalue weighted by Crippen LogP contribution is 2.15. The first-order valence-corrected chi connectivity index (χ1v) is 6.42. The van der Waals surface area contributed by atoms with E-state index in [9.17, 15) is 14.4 Å². The second-order valence-corrected chi connectivity index (χ2v) is 4.68. The van der Waals surface area contributed by atoms with Gasteiger partial charge in [-0.05, 0) is 12.1 Å². The van der Waals surface area contributed by atoms with Gasteiger partial charge >= 0.3 is 12.0 Å². The van der Waals surface area contributed by atoms with Crippen LogP contribution in [0.25, 0.3) is 0 Å². The maximum atomic E-state index is 12.0. The second-order valence-electron chi connectivity index (χ2n) is 4.68. The molecule has 0 bridgehead atoms. The van der Waals surface area contributed by atoms with Gasteiger partial charge in [-0.1, -0.05) is 19.1 Å². The van der Waals surface area contributed by atoms with E-state index in [1.165, 1.54) is 31.1 Å². The van der Waals surface area contributed by atoms with Gasteiger partial charge in [-0.25, -0.2) is 9.59 Å². The molecule has 0 saturated carbocycles. The Morgan fingerprint density at radius 2 is 1.90 bits per heavy atom. The fourth-order valence-electron chi connectivity index (χ4n) is 1.81. The monoisotopic (exact) mass is 293 g/mol. The summed E-state index contributed by atoms with van der Waals surface area (Å²) in [5.74, 6) is -1.65. The van der Waals surface area contributed by atoms with E-state index < -0.39 is 12.0 Å². The van der Waals surface area contributed by atoms with E-state index >= 15 is 0 Å². The number of urea groups is 1. The van der Waals surface area contributed by atoms with Crippen molar-refractivity contribution in [2.75, 3.05) is 26.0 Å². The first-order valence-electron chi connectivity index (χ1n) is 6.42. The van der Waals surface area contributed by atoms with Crippen molar-refractivity contribution in [3.05, 3.63) is 29.8 Å². The minimum absolute atomic E-state index is 0.0126. The Hall–Kier alpha value is -2.57. The van der Waals surface area contributed by atoms with Crippen LogP contribution in [0.4, 0.5) is 10.5 Å². The smallest absolute Gasteiger partial charge is 0.337 e. The quantitative estimate of drug-likeness (QED) is 0.760. The highest BCUT2D eigenvalue weighted by Gasteiger charge is 2.18. The van der Waals surface area contributed by atoms with Crippen molar-refractivity contribution in [3.8, 4) is 0 Å². The van der Waals surface area contributed by atoms with E-state index in [-0.39, 0.29) is 29.6 Å². The molecular weight excluding hydrogens is 274 g/mol. The molecule has 114 valence electrons. The standard InChI is InChI=1S/C14H19N3O4/c1-9(12(18)15-2)8-17(3)14(21)16-11-7-5-4-6-10(11)13(19)20/h4-7,9H,8H2,1-3H3,(H,15,18)(H,16,21)(H,19,20). The van der Waals surface area contributed by atoms with Gasteiger partial charge in [0.1, 0.15) is 0 Å². The first-order chi connectivity index (χ1) is 9.86. The van der Waals surface area contributed by atoms with Gasteiger partial charge in [0, 0.05) is 20.6 Å². The third kappa shape index (κ3) is 4.48. The number of carbonyl (C=O) groups is 3. The van der Waals surface area contributed by atoms with Gasteiger partial charge in [0.25, 0.3) is 0 Å². The molecule has 0 aromatic heterocycles. The van der Waals surface area contributed by atoms with Crippen LogP contribution in [0, 0.1) is 5.92 Å². The van der Waals surface area contributed by atoms with Gasteiger partial charge in [-0.3, -0.25) is 4.79 Å². The van der Waals surface area contributed by atoms with Crippen molar-refractivity contribution in [1.29, 1.82) is 0 Å². The lowest BCUT2D eigenvalue weighted by molar-refractivity contribution is -0.124. The van der Waals surface area contributed by atoms with Crippen LogP contribution < -0.4 is 10.6 Å². The van der Waals surface area contributed by atoms with E-state index in [0.29, 0.717) is 0 Å². The average molecular weight is 293 g/mol. The molecule has 3 amide bonds. The number of nitrogens with one attached hydrogen (secondary N) is 2. The summed E-state index contributed by atoms with van der Waals surface area (Å²) in [5.41, 5.74) is 0.230. The number of carboxylic acids is 1. The van der Waals surface area contributed by atoms with Crippen LogP contribution in [0.3, 0.4) is 0 Å². The number of aromatic carboxylic acids is 1. The Labute approximate surface area is 122 Å². The summed E-state index contributed by atoms with van der Waals surface area (Å²) in [5, 5.41) is 14.1. The van der Waals surface area contributed by atoms with Crippen molar-refractivity contribution < 1.29 is 19.5 Å². The molecule has 1 unspecified atom stereocenters. The minimum Gasteiger partial charge on any atom is -0.478 e. The van der Waals surface area contributed by atoms with Gasteiger partial charge in [0.15, 0.2) is 0 Å². The third-order valence-electron chi connectivity index (χ3n) is 2.99. The van der Waals surface area contributed by atoms with E-state index in [2.05, 4.69) is 10.6 Å². The molecule has 0 heterocycles. The predicted octanol–water partition coefficient (Wildman–Crippen LogP) is 1.23. The molecule has 7 heteroatoms. The topological polar surface area (TPSA) is 98.7 Å². The van der Waals surface area contributed by atoms with Crippen LogP contribution in [-0.4, -0.2) is 48.6 Å². The Kier molecular flexibility index (Phi) is 5.71. The minimum atomic E-state index is -1.12. The zero-order valence-electron chi connectivity index (χ0n) is 12.2. The molecule has 7 nitrogen and oxygen atoms in total. The van der Waals surface area contributed by atoms with Crippen LogP contribution in [0.1, 0.15) is 17.3 Å². The first kappa shape index (κ1) is 16.5. The normalized spacial score (nSPS) is 11.4. The number of benzene rings is 1. The number of hydrogen-bond acceptors (Lipinski definition) is 3. The maximum Gasteiger partial charge on any atom is 0.337 e. The second kappa shape index (κ2) is 7.28. The summed E-state index contributed by atoms with van der Waals surface area (Å²) in [4.78, 5) is 35.8. The lowest BCUT2D eigenvalue weighted by Crippen LogP contribution is -2.39. The summed E-state index contributed by atoms with van der Waals surface area (Å²) >= 11 is 0. The van der Waals surface area contributed by atoms with Gasteiger partial charge in [-0.2, -0.15) is 0 Å². The van der Waals surface area contributed by atoms with Crippen molar-refractivity contribution in [1.82, 2.24) is 10.2 Å². The van der Waals surface area contributed by atoms with E-state index in [1.54, 1.807) is 19.1 Å². The number of hydrogen-bond donors (Lipinski definition) is 3. The number of amides is 3. The van der Waals surface area contributed by atoms with Crippen LogP contribution in [0.15, 0.2) is 24.3 Å². The van der Waals surface area contributed by atoms with Gasteiger partial charge in [-0.15, -0.1) is 0 Å². The number of anilines is 1. The molecule has 1 rings (SSSR count). The SMILES string of the molecule is CNC(=O)C(C)CN(C)C(=O)Nc1ccccc1C(=O)O. The Morgan fingerprint density at radius 3 is 2.48 bits per heavy atom. The van der Waals surface area contributed by atoms with Gasteiger partial charge in [0.05, 0.1) is 17.2 Å². The van der Waals surface area contributed by atoms with Crippen LogP contribution >= 0.6 is 0 Å². The van der Waals surface area contributed by atoms with Gasteiger partial charge < -0.3 is 20.6 Å². The fraction of sp³-hybridized carbons (Fsp3) is 0.357. The summed E-state index contributed by atoms with van der Waals surface area (Å²) < 4.78 is 0. The van der Waals surface area contributed by atoms with E-state index in [1.807, 2.05) is 0 Å². The average Bonchev–Trinajstić information content (AvgIpc) is 2.46. The Morgan fingerprint density at radius 1 is 1.29 bits per heavy atom.